The van der Waals surface area contributed by atoms with Crippen molar-refractivity contribution in [2.75, 3.05) is 6.54 Å². The molecular weight excluding hydrogens is 402 g/mol. The number of nitrogens with zero attached hydrogens (tertiary/aromatic N) is 3. The number of rotatable bonds is 8. The van der Waals surface area contributed by atoms with E-state index in [1.54, 1.807) is 30.1 Å². The van der Waals surface area contributed by atoms with Gasteiger partial charge in [-0.05, 0) is 50.1 Å². The molecule has 0 fully saturated rings. The summed E-state index contributed by atoms with van der Waals surface area (Å²) < 4.78 is 29.1. The van der Waals surface area contributed by atoms with Gasteiger partial charge in [-0.3, -0.25) is 4.79 Å². The number of benzene rings is 2. The molecule has 0 bridgehead atoms. The van der Waals surface area contributed by atoms with Crippen LogP contribution in [0.2, 0.25) is 0 Å². The smallest absolute Gasteiger partial charge is 0.240 e. The maximum absolute atomic E-state index is 12.5. The minimum absolute atomic E-state index is 0.0272. The first-order valence-corrected chi connectivity index (χ1v) is 11.1. The van der Waals surface area contributed by atoms with Crippen LogP contribution < -0.4 is 10.0 Å². The third-order valence-electron chi connectivity index (χ3n) is 4.72. The van der Waals surface area contributed by atoms with Crippen molar-refractivity contribution in [2.24, 2.45) is 0 Å². The molecule has 9 heteroatoms. The van der Waals surface area contributed by atoms with Crippen molar-refractivity contribution >= 4 is 15.9 Å². The second kappa shape index (κ2) is 9.19. The number of aryl methyl sites for hydroxylation is 2. The molecule has 0 aliphatic rings. The lowest BCUT2D eigenvalue weighted by Gasteiger charge is -2.15. The van der Waals surface area contributed by atoms with Crippen LogP contribution in [0.5, 0.6) is 0 Å². The topological polar surface area (TPSA) is 106 Å². The number of nitrogens with one attached hydrogen (secondary N) is 2. The Balaban J connectivity index is 1.51. The largest absolute Gasteiger partial charge is 0.350 e. The van der Waals surface area contributed by atoms with Crippen LogP contribution in [0.25, 0.3) is 5.69 Å². The summed E-state index contributed by atoms with van der Waals surface area (Å²) in [5.41, 5.74) is 3.47. The van der Waals surface area contributed by atoms with Crippen LogP contribution in [0, 0.1) is 13.8 Å². The third kappa shape index (κ3) is 5.31. The van der Waals surface area contributed by atoms with Crippen molar-refractivity contribution in [3.63, 3.8) is 0 Å². The Morgan fingerprint density at radius 2 is 1.87 bits per heavy atom. The zero-order valence-electron chi connectivity index (χ0n) is 17.2. The zero-order valence-corrected chi connectivity index (χ0v) is 18.0. The van der Waals surface area contributed by atoms with Gasteiger partial charge in [0.15, 0.2) is 0 Å². The van der Waals surface area contributed by atoms with Gasteiger partial charge < -0.3 is 5.32 Å². The monoisotopic (exact) mass is 427 g/mol. The molecule has 1 heterocycles. The third-order valence-corrected chi connectivity index (χ3v) is 6.34. The lowest BCUT2D eigenvalue weighted by atomic mass is 10.1. The van der Waals surface area contributed by atoms with Crippen molar-refractivity contribution in [2.45, 2.75) is 38.1 Å². The Kier molecular flexibility index (Phi) is 6.63. The van der Waals surface area contributed by atoms with Gasteiger partial charge in [-0.1, -0.05) is 29.8 Å². The van der Waals surface area contributed by atoms with E-state index < -0.39 is 10.0 Å². The number of sulfonamides is 1. The molecule has 3 rings (SSSR count). The second-order valence-corrected chi connectivity index (χ2v) is 8.87. The predicted molar refractivity (Wildman–Crippen MR) is 114 cm³/mol. The van der Waals surface area contributed by atoms with Gasteiger partial charge >= 0.3 is 0 Å². The lowest BCUT2D eigenvalue weighted by molar-refractivity contribution is -0.121. The minimum Gasteiger partial charge on any atom is -0.350 e. The molecule has 2 N–H and O–H groups in total. The molecule has 0 aliphatic heterocycles. The average Bonchev–Trinajstić information content (AvgIpc) is 3.22. The summed E-state index contributed by atoms with van der Waals surface area (Å²) in [6.07, 6.45) is 3.12. The number of amides is 1. The van der Waals surface area contributed by atoms with Gasteiger partial charge in [-0.25, -0.2) is 22.8 Å². The van der Waals surface area contributed by atoms with Gasteiger partial charge in [0.25, 0.3) is 0 Å². The standard InChI is InChI=1S/C21H25N5O3S/c1-15-4-9-20(16(2)12-15)30(28,29)24-11-10-21(27)25-17(3)18-5-7-19(8-6-18)26-14-22-13-23-26/h4-9,12-14,17,24H,10-11H2,1-3H3,(H,25,27). The van der Waals surface area contributed by atoms with E-state index in [1.165, 1.54) is 6.33 Å². The Labute approximate surface area is 176 Å². The molecule has 0 aliphatic carbocycles. The van der Waals surface area contributed by atoms with E-state index in [9.17, 15) is 13.2 Å². The zero-order chi connectivity index (χ0) is 21.7. The van der Waals surface area contributed by atoms with Crippen molar-refractivity contribution in [1.29, 1.82) is 0 Å². The molecule has 0 saturated carbocycles. The highest BCUT2D eigenvalue weighted by Gasteiger charge is 2.17. The molecule has 3 aromatic rings. The van der Waals surface area contributed by atoms with Crippen molar-refractivity contribution in [1.82, 2.24) is 24.8 Å². The minimum atomic E-state index is -3.65. The van der Waals surface area contributed by atoms with Gasteiger partial charge in [0.05, 0.1) is 16.6 Å². The number of hydrogen-bond acceptors (Lipinski definition) is 5. The fourth-order valence-corrected chi connectivity index (χ4v) is 4.39. The second-order valence-electron chi connectivity index (χ2n) is 7.14. The first kappa shape index (κ1) is 21.7. The SMILES string of the molecule is Cc1ccc(S(=O)(=O)NCCC(=O)NC(C)c2ccc(-n3cncn3)cc2)c(C)c1. The van der Waals surface area contributed by atoms with E-state index >= 15 is 0 Å². The van der Waals surface area contributed by atoms with Crippen LogP contribution in [0.15, 0.2) is 60.0 Å². The van der Waals surface area contributed by atoms with Crippen LogP contribution in [0.3, 0.4) is 0 Å². The van der Waals surface area contributed by atoms with Crippen LogP contribution in [0.1, 0.15) is 36.1 Å². The normalized spacial score (nSPS) is 12.5. The van der Waals surface area contributed by atoms with Crippen LogP contribution in [-0.2, 0) is 14.8 Å². The molecular formula is C21H25N5O3S. The molecule has 1 unspecified atom stereocenters. The Morgan fingerprint density at radius 3 is 2.50 bits per heavy atom. The molecule has 0 radical (unpaired) electrons. The summed E-state index contributed by atoms with van der Waals surface area (Å²) in [6, 6.07) is 12.5. The van der Waals surface area contributed by atoms with E-state index in [0.717, 1.165) is 16.8 Å². The van der Waals surface area contributed by atoms with Gasteiger partial charge in [0.2, 0.25) is 15.9 Å². The predicted octanol–water partition coefficient (Wildman–Crippen LogP) is 2.43. The van der Waals surface area contributed by atoms with E-state index in [-0.39, 0.29) is 29.8 Å². The van der Waals surface area contributed by atoms with Gasteiger partial charge in [0.1, 0.15) is 12.7 Å². The first-order chi connectivity index (χ1) is 14.3. The summed E-state index contributed by atoms with van der Waals surface area (Å²) in [5.74, 6) is -0.230. The first-order valence-electron chi connectivity index (χ1n) is 9.57. The highest BCUT2D eigenvalue weighted by atomic mass is 32.2. The number of aromatic nitrogens is 3. The van der Waals surface area contributed by atoms with Crippen LogP contribution >= 0.6 is 0 Å². The summed E-state index contributed by atoms with van der Waals surface area (Å²) in [5, 5.41) is 6.96. The fraction of sp³-hybridized carbons (Fsp3) is 0.286. The van der Waals surface area contributed by atoms with Crippen LogP contribution in [-0.4, -0.2) is 35.6 Å². The van der Waals surface area contributed by atoms with Gasteiger partial charge in [0, 0.05) is 13.0 Å². The summed E-state index contributed by atoms with van der Waals surface area (Å²) >= 11 is 0. The highest BCUT2D eigenvalue weighted by Crippen LogP contribution is 2.17. The molecule has 158 valence electrons. The maximum Gasteiger partial charge on any atom is 0.240 e. The van der Waals surface area contributed by atoms with Crippen molar-refractivity contribution in [3.05, 3.63) is 71.8 Å². The number of hydrogen-bond donors (Lipinski definition) is 2. The molecule has 1 aromatic heterocycles. The Hall–Kier alpha value is -3.04. The molecule has 1 atom stereocenters. The van der Waals surface area contributed by atoms with Crippen molar-refractivity contribution < 1.29 is 13.2 Å². The van der Waals surface area contributed by atoms with Crippen molar-refractivity contribution in [3.8, 4) is 5.69 Å². The summed E-state index contributed by atoms with van der Waals surface area (Å²) in [6.45, 7) is 5.57. The van der Waals surface area contributed by atoms with E-state index in [1.807, 2.05) is 44.2 Å². The summed E-state index contributed by atoms with van der Waals surface area (Å²) in [7, 11) is -3.65. The summed E-state index contributed by atoms with van der Waals surface area (Å²) in [4.78, 5) is 16.4. The van der Waals surface area contributed by atoms with Crippen LogP contribution in [0.4, 0.5) is 0 Å². The Morgan fingerprint density at radius 1 is 1.13 bits per heavy atom. The molecule has 0 spiro atoms. The van der Waals surface area contributed by atoms with E-state index in [4.69, 9.17) is 0 Å². The van der Waals surface area contributed by atoms with Gasteiger partial charge in [-0.15, -0.1) is 0 Å². The highest BCUT2D eigenvalue weighted by molar-refractivity contribution is 7.89. The molecule has 0 saturated heterocycles. The molecule has 2 aromatic carbocycles. The van der Waals surface area contributed by atoms with E-state index in [0.29, 0.717) is 5.56 Å². The quantitative estimate of drug-likeness (QED) is 0.574. The Bertz CT molecular complexity index is 1110. The van der Waals surface area contributed by atoms with Gasteiger partial charge in [-0.2, -0.15) is 5.10 Å². The lowest BCUT2D eigenvalue weighted by Crippen LogP contribution is -2.32. The number of carbonyl (C=O) groups is 1. The number of carbonyl (C=O) groups excluding carboxylic acids is 1. The molecule has 1 amide bonds. The fourth-order valence-electron chi connectivity index (χ4n) is 3.13. The maximum atomic E-state index is 12.5. The molecule has 30 heavy (non-hydrogen) atoms. The molecule has 8 nitrogen and oxygen atoms in total. The van der Waals surface area contributed by atoms with E-state index in [2.05, 4.69) is 20.1 Å². The average molecular weight is 428 g/mol.